The number of nitrogens with one attached hydrogen (secondary N) is 1. The molecule has 4 aliphatic carbocycles. The predicted octanol–water partition coefficient (Wildman–Crippen LogP) is 5.10. The van der Waals surface area contributed by atoms with Crippen LogP contribution in [0.3, 0.4) is 0 Å². The first-order valence-corrected chi connectivity index (χ1v) is 11.4. The van der Waals surface area contributed by atoms with Crippen LogP contribution in [0.4, 0.5) is 0 Å². The summed E-state index contributed by atoms with van der Waals surface area (Å²) in [6, 6.07) is 9.48. The first-order chi connectivity index (χ1) is 14.9. The average Bonchev–Trinajstić information content (AvgIpc) is 3.27. The average molecular weight is 439 g/mol. The maximum absolute atomic E-state index is 9.42. The molecule has 2 atom stereocenters. The van der Waals surface area contributed by atoms with E-state index in [0.717, 1.165) is 24.5 Å². The van der Waals surface area contributed by atoms with Gasteiger partial charge in [0.25, 0.3) is 0 Å². The van der Waals surface area contributed by atoms with Gasteiger partial charge in [-0.3, -0.25) is 10.3 Å². The Balaban J connectivity index is 1.41. The van der Waals surface area contributed by atoms with Gasteiger partial charge in [-0.1, -0.05) is 16.8 Å². The number of hydrogen-bond acceptors (Lipinski definition) is 5. The highest BCUT2D eigenvalue weighted by atomic mass is 35.5. The molecule has 1 aromatic carbocycles. The molecule has 1 heterocycles. The molecular formula is C24H27ClN4O2. The minimum atomic E-state index is -0.777. The van der Waals surface area contributed by atoms with Gasteiger partial charge in [0.1, 0.15) is 11.5 Å². The lowest BCUT2D eigenvalue weighted by Gasteiger charge is -2.58. The lowest BCUT2D eigenvalue weighted by Crippen LogP contribution is -2.56. The molecule has 2 aromatic rings. The summed E-state index contributed by atoms with van der Waals surface area (Å²) in [4.78, 5) is 5.15. The van der Waals surface area contributed by atoms with Gasteiger partial charge in [0, 0.05) is 16.5 Å². The van der Waals surface area contributed by atoms with Crippen LogP contribution in [0, 0.1) is 29.2 Å². The summed E-state index contributed by atoms with van der Waals surface area (Å²) in [5.41, 5.74) is -0.669. The molecule has 4 bridgehead atoms. The van der Waals surface area contributed by atoms with E-state index in [1.165, 1.54) is 19.3 Å². The van der Waals surface area contributed by atoms with Gasteiger partial charge in [0.05, 0.1) is 12.2 Å². The van der Waals surface area contributed by atoms with E-state index in [1.807, 2.05) is 32.0 Å². The van der Waals surface area contributed by atoms with Crippen molar-refractivity contribution in [2.45, 2.75) is 63.0 Å². The fraction of sp³-hybridized carbons (Fsp3) is 0.542. The van der Waals surface area contributed by atoms with Gasteiger partial charge in [-0.2, -0.15) is 5.26 Å². The smallest absolute Gasteiger partial charge is 0.182 e. The van der Waals surface area contributed by atoms with Crippen LogP contribution in [0.15, 0.2) is 46.0 Å². The molecule has 0 radical (unpaired) electrons. The van der Waals surface area contributed by atoms with E-state index in [4.69, 9.17) is 25.9 Å². The van der Waals surface area contributed by atoms with E-state index < -0.39 is 5.60 Å². The molecule has 0 aliphatic heterocycles. The molecule has 6 rings (SSSR count). The number of nitrogens with zero attached hydrogens (tertiary/aromatic N) is 3. The Morgan fingerprint density at radius 2 is 1.94 bits per heavy atom. The largest absolute Gasteiger partial charge is 0.480 e. The van der Waals surface area contributed by atoms with E-state index in [9.17, 15) is 5.26 Å². The first-order valence-electron chi connectivity index (χ1n) is 11.0. The highest BCUT2D eigenvalue weighted by molar-refractivity contribution is 6.30. The second-order valence-corrected chi connectivity index (χ2v) is 10.3. The van der Waals surface area contributed by atoms with Crippen molar-refractivity contribution in [3.8, 4) is 11.9 Å². The Bertz CT molecular complexity index is 993. The number of aromatic nitrogens is 1. The monoisotopic (exact) mass is 438 g/mol. The van der Waals surface area contributed by atoms with Crippen molar-refractivity contribution < 1.29 is 9.26 Å². The number of amidine groups is 1. The van der Waals surface area contributed by atoms with Crippen LogP contribution in [0.2, 0.25) is 5.02 Å². The molecule has 0 spiro atoms. The zero-order chi connectivity index (χ0) is 21.6. The number of aliphatic imine (C=N–C) groups is 1. The van der Waals surface area contributed by atoms with Crippen molar-refractivity contribution in [2.24, 2.45) is 22.7 Å². The number of benzene rings is 1. The summed E-state index contributed by atoms with van der Waals surface area (Å²) >= 11 is 6.00. The first kappa shape index (κ1) is 20.4. The molecule has 0 amide bonds. The fourth-order valence-corrected chi connectivity index (χ4v) is 6.51. The molecular weight excluding hydrogens is 412 g/mol. The topological polar surface area (TPSA) is 83.4 Å². The number of hydrogen-bond donors (Lipinski definition) is 1. The van der Waals surface area contributed by atoms with Gasteiger partial charge >= 0.3 is 0 Å². The third-order valence-electron chi connectivity index (χ3n) is 7.39. The van der Waals surface area contributed by atoms with Crippen molar-refractivity contribution in [1.29, 1.82) is 5.26 Å². The van der Waals surface area contributed by atoms with Crippen LogP contribution < -0.4 is 10.1 Å². The summed E-state index contributed by atoms with van der Waals surface area (Å²) in [5.74, 6) is 4.00. The molecule has 0 saturated heterocycles. The number of halogens is 1. The van der Waals surface area contributed by atoms with Crippen molar-refractivity contribution >= 4 is 17.4 Å². The van der Waals surface area contributed by atoms with Crippen molar-refractivity contribution in [3.05, 3.63) is 47.3 Å². The molecule has 4 saturated carbocycles. The highest BCUT2D eigenvalue weighted by Crippen LogP contribution is 2.61. The second-order valence-electron chi connectivity index (χ2n) is 9.90. The van der Waals surface area contributed by atoms with Gasteiger partial charge in [0.2, 0.25) is 0 Å². The van der Waals surface area contributed by atoms with Gasteiger partial charge < -0.3 is 9.26 Å². The van der Waals surface area contributed by atoms with E-state index in [2.05, 4.69) is 16.7 Å². The van der Waals surface area contributed by atoms with Crippen molar-refractivity contribution in [1.82, 2.24) is 10.5 Å². The van der Waals surface area contributed by atoms with Gasteiger partial charge in [-0.15, -0.1) is 0 Å². The highest BCUT2D eigenvalue weighted by Gasteiger charge is 2.57. The maximum Gasteiger partial charge on any atom is 0.182 e. The van der Waals surface area contributed by atoms with Crippen LogP contribution >= 0.6 is 11.6 Å². The van der Waals surface area contributed by atoms with Crippen LogP contribution in [-0.4, -0.2) is 22.6 Å². The Morgan fingerprint density at radius 3 is 2.55 bits per heavy atom. The van der Waals surface area contributed by atoms with Crippen LogP contribution in [0.1, 0.15) is 51.7 Å². The van der Waals surface area contributed by atoms with Gasteiger partial charge in [0.15, 0.2) is 17.6 Å². The lowest BCUT2D eigenvalue weighted by molar-refractivity contribution is -0.0332. The molecule has 7 heteroatoms. The third kappa shape index (κ3) is 3.70. The number of ether oxygens (including phenoxy) is 1. The summed E-state index contributed by atoms with van der Waals surface area (Å²) < 4.78 is 11.8. The molecule has 1 N–H and O–H groups in total. The molecule has 6 nitrogen and oxygen atoms in total. The third-order valence-corrected chi connectivity index (χ3v) is 7.65. The minimum absolute atomic E-state index is 0.108. The molecule has 2 unspecified atom stereocenters. The van der Waals surface area contributed by atoms with Crippen molar-refractivity contribution in [3.63, 3.8) is 0 Å². The van der Waals surface area contributed by atoms with E-state index >= 15 is 0 Å². The summed E-state index contributed by atoms with van der Waals surface area (Å²) in [6.07, 6.45) is 9.55. The van der Waals surface area contributed by atoms with E-state index in [-0.39, 0.29) is 11.5 Å². The Morgan fingerprint density at radius 1 is 1.23 bits per heavy atom. The number of nitriles is 1. The van der Waals surface area contributed by atoms with Crippen LogP contribution in [-0.2, 0) is 5.41 Å². The van der Waals surface area contributed by atoms with Crippen LogP contribution in [0.25, 0.3) is 0 Å². The molecule has 4 fully saturated rings. The maximum atomic E-state index is 9.42. The summed E-state index contributed by atoms with van der Waals surface area (Å²) in [5, 5.41) is 16.9. The second kappa shape index (κ2) is 7.56. The zero-order valence-electron chi connectivity index (χ0n) is 17.8. The van der Waals surface area contributed by atoms with E-state index in [0.29, 0.717) is 28.4 Å². The fourth-order valence-electron chi connectivity index (χ4n) is 6.39. The molecule has 1 aromatic heterocycles. The molecule has 31 heavy (non-hydrogen) atoms. The normalized spacial score (nSPS) is 32.0. The minimum Gasteiger partial charge on any atom is -0.480 e. The van der Waals surface area contributed by atoms with E-state index in [1.54, 1.807) is 18.3 Å². The Labute approximate surface area is 187 Å². The Hall–Kier alpha value is -2.52. The van der Waals surface area contributed by atoms with Gasteiger partial charge in [-0.05, 0) is 88.0 Å². The summed E-state index contributed by atoms with van der Waals surface area (Å²) in [6.45, 7) is 3.88. The predicted molar refractivity (Wildman–Crippen MR) is 118 cm³/mol. The summed E-state index contributed by atoms with van der Waals surface area (Å²) in [7, 11) is 0. The van der Waals surface area contributed by atoms with Gasteiger partial charge in [-0.25, -0.2) is 0 Å². The van der Waals surface area contributed by atoms with Crippen molar-refractivity contribution in [2.75, 3.05) is 0 Å². The standard InChI is InChI=1S/C24H27ClN4O2/c1-23(2,30-19-5-3-18(25)4-6-19)22(27-14-26)29-21-16-9-15-10-17(21)13-24(11-15,12-16)20-7-8-28-31-20/h3-8,15-17,21H,9-13H2,1-2H3,(H,27,29). The molecule has 4 aliphatic rings. The lowest BCUT2D eigenvalue weighted by atomic mass is 9.47. The SMILES string of the molecule is CC(C)(Oc1ccc(Cl)cc1)C(=NC1C2CC3CC1CC(c1ccno1)(C3)C2)NC#N. The number of rotatable bonds is 5. The molecule has 162 valence electrons. The zero-order valence-corrected chi connectivity index (χ0v) is 18.6. The Kier molecular flexibility index (Phi) is 4.97. The van der Waals surface area contributed by atoms with Crippen LogP contribution in [0.5, 0.6) is 5.75 Å². The quantitative estimate of drug-likeness (QED) is 0.304.